The van der Waals surface area contributed by atoms with Crippen molar-refractivity contribution < 1.29 is 51.5 Å². The predicted octanol–water partition coefficient (Wildman–Crippen LogP) is 6.16. The molecule has 0 aromatic rings. The molecule has 4 saturated carbocycles. The van der Waals surface area contributed by atoms with E-state index in [1.807, 2.05) is 6.92 Å². The zero-order valence-electron chi connectivity index (χ0n) is 28.5. The van der Waals surface area contributed by atoms with Crippen molar-refractivity contribution in [1.29, 1.82) is 0 Å². The van der Waals surface area contributed by atoms with E-state index < -0.39 is 60.8 Å². The fraction of sp³-hybridized carbons (Fsp3) is 1.00. The largest absolute Gasteiger partial charge is 0.397 e. The highest BCUT2D eigenvalue weighted by molar-refractivity contribution is 7.81. The van der Waals surface area contributed by atoms with Crippen LogP contribution in [-0.4, -0.2) is 57.2 Å². The highest BCUT2D eigenvalue weighted by Crippen LogP contribution is 2.69. The monoisotopic (exact) mass is 716 g/mol. The van der Waals surface area contributed by atoms with Crippen LogP contribution in [0.25, 0.3) is 0 Å². The van der Waals surface area contributed by atoms with Crippen LogP contribution < -0.4 is 0 Å². The Kier molecular flexibility index (Phi) is 10.9. The average Bonchev–Trinajstić information content (AvgIpc) is 3.22. The number of hydrogen-bond acceptors (Lipinski definition) is 9. The zero-order chi connectivity index (χ0) is 34.8. The SMILES string of the molecule is CC(C)C(C)(C)C(C)CC[C@@H](C)[C@H]1CCC2C3C[C@H](OS(=O)(=O)O)[C@H]4C[C@H](OS(=O)(=O)O)[C@@H](OS(=O)(=O)O)C[C@]4(C)C3CC[C@@]21C. The van der Waals surface area contributed by atoms with E-state index >= 15 is 0 Å². The van der Waals surface area contributed by atoms with Crippen LogP contribution in [0.4, 0.5) is 0 Å². The molecule has 4 unspecified atom stereocenters. The molecule has 0 amide bonds. The molecular weight excluding hydrogens is 661 g/mol. The van der Waals surface area contributed by atoms with Gasteiger partial charge in [0.05, 0.1) is 6.10 Å². The van der Waals surface area contributed by atoms with Gasteiger partial charge in [-0.25, -0.2) is 12.5 Å². The molecule has 0 heterocycles. The lowest BCUT2D eigenvalue weighted by molar-refractivity contribution is -0.184. The third-order valence-electron chi connectivity index (χ3n) is 13.9. The first-order valence-electron chi connectivity index (χ1n) is 16.8. The van der Waals surface area contributed by atoms with Crippen LogP contribution in [-0.2, 0) is 43.7 Å². The molecule has 0 aromatic heterocycles. The van der Waals surface area contributed by atoms with Crippen molar-refractivity contribution in [3.63, 3.8) is 0 Å². The van der Waals surface area contributed by atoms with Crippen LogP contribution in [0.5, 0.6) is 0 Å². The molecule has 12 atom stereocenters. The minimum atomic E-state index is -5.07. The second kappa shape index (κ2) is 13.1. The summed E-state index contributed by atoms with van der Waals surface area (Å²) in [5, 5.41) is 0. The first kappa shape index (κ1) is 38.4. The maximum absolute atomic E-state index is 12.1. The molecule has 4 fully saturated rings. The van der Waals surface area contributed by atoms with Crippen molar-refractivity contribution >= 4 is 31.2 Å². The Morgan fingerprint density at radius 3 is 1.76 bits per heavy atom. The molecule has 4 rings (SSSR count). The number of hydrogen-bond donors (Lipinski definition) is 3. The quantitative estimate of drug-likeness (QED) is 0.195. The molecule has 46 heavy (non-hydrogen) atoms. The Bertz CT molecular complexity index is 1430. The van der Waals surface area contributed by atoms with Gasteiger partial charge in [-0.3, -0.25) is 13.7 Å². The van der Waals surface area contributed by atoms with Crippen LogP contribution in [0.1, 0.15) is 113 Å². The van der Waals surface area contributed by atoms with Gasteiger partial charge < -0.3 is 0 Å². The first-order valence-corrected chi connectivity index (χ1v) is 20.8. The lowest BCUT2D eigenvalue weighted by Gasteiger charge is -2.63. The van der Waals surface area contributed by atoms with Crippen molar-refractivity contribution in [3.05, 3.63) is 0 Å². The fourth-order valence-electron chi connectivity index (χ4n) is 10.7. The molecule has 270 valence electrons. The van der Waals surface area contributed by atoms with Gasteiger partial charge in [0, 0.05) is 0 Å². The second-order valence-corrected chi connectivity index (χ2v) is 19.7. The molecule has 0 spiro atoms. The summed E-state index contributed by atoms with van der Waals surface area (Å²) in [5.41, 5.74) is -0.590. The van der Waals surface area contributed by atoms with Gasteiger partial charge in [0.1, 0.15) is 12.2 Å². The zero-order valence-corrected chi connectivity index (χ0v) is 30.9. The lowest BCUT2D eigenvalue weighted by atomic mass is 9.43. The summed E-state index contributed by atoms with van der Waals surface area (Å²) in [4.78, 5) is 0. The van der Waals surface area contributed by atoms with Crippen molar-refractivity contribution in [3.8, 4) is 0 Å². The lowest BCUT2D eigenvalue weighted by Crippen LogP contribution is -2.62. The van der Waals surface area contributed by atoms with Gasteiger partial charge in [0.2, 0.25) is 0 Å². The summed E-state index contributed by atoms with van der Waals surface area (Å²) in [5.74, 6) is 1.65. The Morgan fingerprint density at radius 1 is 0.696 bits per heavy atom. The fourth-order valence-corrected chi connectivity index (χ4v) is 12.2. The summed E-state index contributed by atoms with van der Waals surface area (Å²) in [7, 11) is -15.0. The summed E-state index contributed by atoms with van der Waals surface area (Å²) >= 11 is 0. The van der Waals surface area contributed by atoms with Gasteiger partial charge in [0.25, 0.3) is 0 Å². The van der Waals surface area contributed by atoms with Gasteiger partial charge in [-0.1, -0.05) is 61.8 Å². The molecule has 0 radical (unpaired) electrons. The van der Waals surface area contributed by atoms with Crippen LogP contribution in [0.2, 0.25) is 0 Å². The Morgan fingerprint density at radius 2 is 1.22 bits per heavy atom. The molecule has 3 N–H and O–H groups in total. The van der Waals surface area contributed by atoms with E-state index in [2.05, 4.69) is 48.5 Å². The molecule has 4 aliphatic rings. The smallest absolute Gasteiger partial charge is 0.264 e. The minimum absolute atomic E-state index is 0.00115. The molecule has 0 aromatic carbocycles. The summed E-state index contributed by atoms with van der Waals surface area (Å²) in [6.45, 7) is 18.2. The maximum Gasteiger partial charge on any atom is 0.397 e. The minimum Gasteiger partial charge on any atom is -0.264 e. The van der Waals surface area contributed by atoms with Gasteiger partial charge in [-0.15, -0.1) is 0 Å². The molecule has 0 saturated heterocycles. The molecule has 0 aliphatic heterocycles. The van der Waals surface area contributed by atoms with Crippen LogP contribution in [0, 0.1) is 63.6 Å². The van der Waals surface area contributed by atoms with Crippen LogP contribution in [0.3, 0.4) is 0 Å². The van der Waals surface area contributed by atoms with E-state index in [9.17, 15) is 38.9 Å². The summed E-state index contributed by atoms with van der Waals surface area (Å²) < 4.78 is 115. The van der Waals surface area contributed by atoms with Crippen molar-refractivity contribution in [2.75, 3.05) is 0 Å². The predicted molar refractivity (Wildman–Crippen MR) is 171 cm³/mol. The highest BCUT2D eigenvalue weighted by atomic mass is 32.3. The van der Waals surface area contributed by atoms with Gasteiger partial charge in [-0.05, 0) is 115 Å². The van der Waals surface area contributed by atoms with Crippen molar-refractivity contribution in [2.45, 2.75) is 131 Å². The van der Waals surface area contributed by atoms with Gasteiger partial charge >= 0.3 is 31.2 Å². The average molecular weight is 717 g/mol. The van der Waals surface area contributed by atoms with Crippen molar-refractivity contribution in [2.24, 2.45) is 63.6 Å². The normalized spacial score (nSPS) is 40.2. The number of fused-ring (bicyclic) bond motifs is 5. The van der Waals surface area contributed by atoms with Crippen molar-refractivity contribution in [1.82, 2.24) is 0 Å². The first-order chi connectivity index (χ1) is 20.8. The number of rotatable bonds is 12. The topological polar surface area (TPSA) is 191 Å². The molecule has 12 nitrogen and oxygen atoms in total. The van der Waals surface area contributed by atoms with Crippen LogP contribution >= 0.6 is 0 Å². The molecule has 15 heteroatoms. The standard InChI is InChI=1S/C31H56O12S3/c1-18(2)29(5,6)20(4)10-9-19(3)22-11-12-23-21-15-26(41-44(32,33)34)25-16-27(42-45(35,36)37)28(43-46(38,39)40)17-31(25,8)24(21)13-14-30(22,23)7/h18-28H,9-17H2,1-8H3,(H,32,33,34)(H,35,36,37)(H,38,39,40)/t19-,20?,21?,22-,23?,24?,25-,26+,27+,28+,30-,31-/m1/s1. The maximum atomic E-state index is 12.1. The Labute approximate surface area is 277 Å². The van der Waals surface area contributed by atoms with Crippen LogP contribution in [0.15, 0.2) is 0 Å². The van der Waals surface area contributed by atoms with E-state index in [1.54, 1.807) is 0 Å². The molecular formula is C31H56O12S3. The summed E-state index contributed by atoms with van der Waals surface area (Å²) in [6, 6.07) is 0. The second-order valence-electron chi connectivity index (χ2n) is 16.5. The van der Waals surface area contributed by atoms with E-state index in [-0.39, 0.29) is 41.4 Å². The van der Waals surface area contributed by atoms with E-state index in [0.29, 0.717) is 30.1 Å². The van der Waals surface area contributed by atoms with Gasteiger partial charge in [0.15, 0.2) is 0 Å². The summed E-state index contributed by atoms with van der Waals surface area (Å²) in [6.07, 6.45) is 1.90. The van der Waals surface area contributed by atoms with E-state index in [4.69, 9.17) is 12.5 Å². The van der Waals surface area contributed by atoms with E-state index in [0.717, 1.165) is 38.5 Å². The third kappa shape index (κ3) is 7.98. The van der Waals surface area contributed by atoms with Gasteiger partial charge in [-0.2, -0.15) is 25.3 Å². The van der Waals surface area contributed by atoms with E-state index in [1.165, 1.54) is 0 Å². The Hall–Kier alpha value is -0.390. The Balaban J connectivity index is 1.64. The highest BCUT2D eigenvalue weighted by Gasteiger charge is 2.65. The third-order valence-corrected chi connectivity index (χ3v) is 15.4. The molecule has 4 aliphatic carbocycles. The molecule has 0 bridgehead atoms.